The maximum atomic E-state index is 13.1. The first kappa shape index (κ1) is 20.0. The van der Waals surface area contributed by atoms with Gasteiger partial charge in [-0.1, -0.05) is 34.1 Å². The standard InChI is InChI=1S/C22H19BrN4O3/c1-14-12-15-4-2-3-5-19(15)27(14)22(30)18-10-11-21(29)26(25-18)13-20(28)24-17-8-6-16(23)7-9-17/h2-11,14H,12-13H2,1H3,(H,24,28). The van der Waals surface area contributed by atoms with Gasteiger partial charge in [-0.25, -0.2) is 4.68 Å². The number of fused-ring (bicyclic) bond motifs is 1. The Labute approximate surface area is 181 Å². The second-order valence-electron chi connectivity index (χ2n) is 7.13. The minimum absolute atomic E-state index is 0.0159. The number of hydrogen-bond donors (Lipinski definition) is 1. The van der Waals surface area contributed by atoms with Crippen molar-refractivity contribution in [3.8, 4) is 0 Å². The number of nitrogens with one attached hydrogen (secondary N) is 1. The Balaban J connectivity index is 1.54. The summed E-state index contributed by atoms with van der Waals surface area (Å²) in [6, 6.07) is 17.5. The number of carbonyl (C=O) groups is 2. The monoisotopic (exact) mass is 466 g/mol. The molecule has 1 aliphatic heterocycles. The molecule has 0 bridgehead atoms. The summed E-state index contributed by atoms with van der Waals surface area (Å²) in [4.78, 5) is 39.4. The highest BCUT2D eigenvalue weighted by Crippen LogP contribution is 2.32. The van der Waals surface area contributed by atoms with Gasteiger partial charge in [-0.2, -0.15) is 5.10 Å². The van der Waals surface area contributed by atoms with E-state index in [-0.39, 0.29) is 24.2 Å². The number of nitrogens with zero attached hydrogens (tertiary/aromatic N) is 3. The highest BCUT2D eigenvalue weighted by Gasteiger charge is 2.32. The molecule has 1 N–H and O–H groups in total. The average Bonchev–Trinajstić information content (AvgIpc) is 3.06. The van der Waals surface area contributed by atoms with E-state index in [0.29, 0.717) is 5.69 Å². The van der Waals surface area contributed by atoms with Gasteiger partial charge in [-0.05, 0) is 55.3 Å². The Bertz CT molecular complexity index is 1170. The normalized spacial score (nSPS) is 15.0. The van der Waals surface area contributed by atoms with Crippen molar-refractivity contribution >= 4 is 39.1 Å². The molecular weight excluding hydrogens is 448 g/mol. The molecule has 2 aromatic carbocycles. The van der Waals surface area contributed by atoms with Gasteiger partial charge >= 0.3 is 0 Å². The maximum Gasteiger partial charge on any atom is 0.278 e. The summed E-state index contributed by atoms with van der Waals surface area (Å²) in [5, 5.41) is 6.88. The van der Waals surface area contributed by atoms with Gasteiger partial charge in [0, 0.05) is 28.0 Å². The molecule has 1 aliphatic rings. The Hall–Kier alpha value is -3.26. The molecule has 2 heterocycles. The van der Waals surface area contributed by atoms with E-state index in [2.05, 4.69) is 26.3 Å². The van der Waals surface area contributed by atoms with E-state index in [1.807, 2.05) is 31.2 Å². The Morgan fingerprint density at radius 2 is 1.83 bits per heavy atom. The summed E-state index contributed by atoms with van der Waals surface area (Å²) in [5.74, 6) is -0.703. The minimum Gasteiger partial charge on any atom is -0.324 e. The van der Waals surface area contributed by atoms with Gasteiger partial charge in [0.1, 0.15) is 12.2 Å². The lowest BCUT2D eigenvalue weighted by atomic mass is 10.1. The molecule has 0 radical (unpaired) electrons. The molecule has 7 nitrogen and oxygen atoms in total. The maximum absolute atomic E-state index is 13.1. The van der Waals surface area contributed by atoms with Crippen LogP contribution in [0.15, 0.2) is 69.9 Å². The highest BCUT2D eigenvalue weighted by molar-refractivity contribution is 9.10. The second kappa shape index (κ2) is 8.23. The summed E-state index contributed by atoms with van der Waals surface area (Å²) in [6.07, 6.45) is 0.761. The molecule has 30 heavy (non-hydrogen) atoms. The zero-order chi connectivity index (χ0) is 21.3. The van der Waals surface area contributed by atoms with Crippen LogP contribution in [0.4, 0.5) is 11.4 Å². The van der Waals surface area contributed by atoms with Crippen molar-refractivity contribution in [2.75, 3.05) is 10.2 Å². The van der Waals surface area contributed by atoms with E-state index in [4.69, 9.17) is 0 Å². The van der Waals surface area contributed by atoms with E-state index in [1.165, 1.54) is 12.1 Å². The molecule has 4 rings (SSSR count). The molecule has 0 saturated heterocycles. The van der Waals surface area contributed by atoms with E-state index in [9.17, 15) is 14.4 Å². The van der Waals surface area contributed by atoms with Gasteiger partial charge in [0.15, 0.2) is 0 Å². The van der Waals surface area contributed by atoms with Crippen LogP contribution < -0.4 is 15.8 Å². The van der Waals surface area contributed by atoms with Gasteiger partial charge in [0.05, 0.1) is 0 Å². The van der Waals surface area contributed by atoms with Gasteiger partial charge in [0.2, 0.25) is 5.91 Å². The van der Waals surface area contributed by atoms with Crippen molar-refractivity contribution in [1.29, 1.82) is 0 Å². The van der Waals surface area contributed by atoms with Gasteiger partial charge in [0.25, 0.3) is 11.5 Å². The summed E-state index contributed by atoms with van der Waals surface area (Å²) in [6.45, 7) is 1.68. The molecule has 1 atom stereocenters. The van der Waals surface area contributed by atoms with Crippen molar-refractivity contribution in [1.82, 2.24) is 9.78 Å². The molecule has 1 aromatic heterocycles. The summed E-state index contributed by atoms with van der Waals surface area (Å²) in [7, 11) is 0. The van der Waals surface area contributed by atoms with E-state index >= 15 is 0 Å². The van der Waals surface area contributed by atoms with Crippen LogP contribution in [0.2, 0.25) is 0 Å². The lowest BCUT2D eigenvalue weighted by molar-refractivity contribution is -0.117. The molecule has 0 aliphatic carbocycles. The van der Waals surface area contributed by atoms with Gasteiger partial charge in [-0.3, -0.25) is 14.4 Å². The predicted octanol–water partition coefficient (Wildman–Crippen LogP) is 3.24. The molecule has 0 fully saturated rings. The van der Waals surface area contributed by atoms with Crippen molar-refractivity contribution in [2.24, 2.45) is 0 Å². The first-order valence-corrected chi connectivity index (χ1v) is 10.3. The number of anilines is 2. The van der Waals surface area contributed by atoms with Crippen LogP contribution in [-0.2, 0) is 17.8 Å². The predicted molar refractivity (Wildman–Crippen MR) is 118 cm³/mol. The number of hydrogen-bond acceptors (Lipinski definition) is 4. The third-order valence-electron chi connectivity index (χ3n) is 4.93. The number of carbonyl (C=O) groups excluding carboxylic acids is 2. The van der Waals surface area contributed by atoms with Crippen LogP contribution in [0.25, 0.3) is 0 Å². The average molecular weight is 467 g/mol. The number of halogens is 1. The van der Waals surface area contributed by atoms with Gasteiger partial charge < -0.3 is 10.2 Å². The van der Waals surface area contributed by atoms with Crippen LogP contribution in [-0.4, -0.2) is 27.6 Å². The van der Waals surface area contributed by atoms with Crippen LogP contribution in [0.1, 0.15) is 23.0 Å². The van der Waals surface area contributed by atoms with Crippen molar-refractivity contribution in [2.45, 2.75) is 25.9 Å². The molecular formula is C22H19BrN4O3. The molecule has 152 valence electrons. The summed E-state index contributed by atoms with van der Waals surface area (Å²) < 4.78 is 1.90. The Morgan fingerprint density at radius 3 is 2.60 bits per heavy atom. The fraction of sp³-hybridized carbons (Fsp3) is 0.182. The largest absolute Gasteiger partial charge is 0.324 e. The first-order valence-electron chi connectivity index (χ1n) is 9.47. The van der Waals surface area contributed by atoms with E-state index in [0.717, 1.165) is 26.8 Å². The van der Waals surface area contributed by atoms with Crippen molar-refractivity contribution in [3.63, 3.8) is 0 Å². The van der Waals surface area contributed by atoms with Gasteiger partial charge in [-0.15, -0.1) is 0 Å². The Kier molecular flexibility index (Phi) is 5.50. The van der Waals surface area contributed by atoms with Crippen LogP contribution in [0.3, 0.4) is 0 Å². The minimum atomic E-state index is -0.452. The zero-order valence-corrected chi connectivity index (χ0v) is 17.8. The number of benzene rings is 2. The van der Waals surface area contributed by atoms with E-state index in [1.54, 1.807) is 29.2 Å². The topological polar surface area (TPSA) is 84.3 Å². The third-order valence-corrected chi connectivity index (χ3v) is 5.46. The lowest BCUT2D eigenvalue weighted by Crippen LogP contribution is -2.38. The molecule has 8 heteroatoms. The zero-order valence-electron chi connectivity index (χ0n) is 16.2. The van der Waals surface area contributed by atoms with Crippen LogP contribution in [0, 0.1) is 0 Å². The first-order chi connectivity index (χ1) is 14.4. The Morgan fingerprint density at radius 1 is 1.10 bits per heavy atom. The second-order valence-corrected chi connectivity index (χ2v) is 8.04. The highest BCUT2D eigenvalue weighted by atomic mass is 79.9. The summed E-state index contributed by atoms with van der Waals surface area (Å²) in [5.41, 5.74) is 2.22. The number of aromatic nitrogens is 2. The van der Waals surface area contributed by atoms with Crippen molar-refractivity contribution < 1.29 is 9.59 Å². The summed E-state index contributed by atoms with van der Waals surface area (Å²) >= 11 is 3.33. The SMILES string of the molecule is CC1Cc2ccccc2N1C(=O)c1ccc(=O)n(CC(=O)Nc2ccc(Br)cc2)n1. The lowest BCUT2D eigenvalue weighted by Gasteiger charge is -2.22. The quantitative estimate of drug-likeness (QED) is 0.639. The molecule has 3 aromatic rings. The van der Waals surface area contributed by atoms with Crippen LogP contribution >= 0.6 is 15.9 Å². The number of amides is 2. The molecule has 2 amide bonds. The fourth-order valence-electron chi connectivity index (χ4n) is 3.54. The fourth-order valence-corrected chi connectivity index (χ4v) is 3.81. The van der Waals surface area contributed by atoms with E-state index < -0.39 is 11.5 Å². The molecule has 0 spiro atoms. The smallest absolute Gasteiger partial charge is 0.278 e. The number of para-hydroxylation sites is 1. The number of rotatable bonds is 4. The molecule has 0 saturated carbocycles. The van der Waals surface area contributed by atoms with Crippen LogP contribution in [0.5, 0.6) is 0 Å². The molecule has 1 unspecified atom stereocenters. The third kappa shape index (κ3) is 4.04. The van der Waals surface area contributed by atoms with Crippen molar-refractivity contribution in [3.05, 3.63) is 86.7 Å².